The minimum absolute atomic E-state index is 0.269. The topological polar surface area (TPSA) is 61.4 Å². The van der Waals surface area contributed by atoms with Gasteiger partial charge in [-0.25, -0.2) is 19.9 Å². The van der Waals surface area contributed by atoms with E-state index in [1.165, 1.54) is 4.57 Å². The zero-order chi connectivity index (χ0) is 20.1. The standard InChI is InChI=1S/C19H17F3N6/c1-11-16-18(25-12(2)24-11)28(10-23-16)8-13-4-6-14(7-5-13)17-26-15(9-27(17)3)19(20,21)22/h4-7,9-10H,8H2,1-3H3. The molecule has 0 aliphatic rings. The van der Waals surface area contributed by atoms with Crippen LogP contribution in [-0.2, 0) is 19.8 Å². The van der Waals surface area contributed by atoms with Gasteiger partial charge in [0.15, 0.2) is 11.3 Å². The second kappa shape index (κ2) is 6.43. The molecule has 4 aromatic rings. The van der Waals surface area contributed by atoms with Crippen LogP contribution >= 0.6 is 0 Å². The third-order valence-electron chi connectivity index (χ3n) is 4.48. The lowest BCUT2D eigenvalue weighted by atomic mass is 10.1. The maximum atomic E-state index is 12.9. The second-order valence-corrected chi connectivity index (χ2v) is 6.66. The van der Waals surface area contributed by atoms with Gasteiger partial charge in [0.25, 0.3) is 0 Å². The number of alkyl halides is 3. The first-order chi connectivity index (χ1) is 13.2. The van der Waals surface area contributed by atoms with Crippen molar-refractivity contribution in [1.29, 1.82) is 0 Å². The first-order valence-corrected chi connectivity index (χ1v) is 8.58. The molecule has 0 radical (unpaired) electrons. The Hall–Kier alpha value is -3.23. The smallest absolute Gasteiger partial charge is 0.333 e. The Labute approximate surface area is 158 Å². The Morgan fingerprint density at radius 3 is 2.36 bits per heavy atom. The summed E-state index contributed by atoms with van der Waals surface area (Å²) in [6, 6.07) is 7.26. The number of nitrogens with zero attached hydrogens (tertiary/aromatic N) is 6. The van der Waals surface area contributed by atoms with Crippen LogP contribution in [0, 0.1) is 13.8 Å². The van der Waals surface area contributed by atoms with Crippen LogP contribution in [0.25, 0.3) is 22.6 Å². The zero-order valence-electron chi connectivity index (χ0n) is 15.5. The summed E-state index contributed by atoms with van der Waals surface area (Å²) in [4.78, 5) is 16.9. The fourth-order valence-electron chi connectivity index (χ4n) is 3.16. The van der Waals surface area contributed by atoms with Crippen molar-refractivity contribution in [3.05, 3.63) is 59.6 Å². The fraction of sp³-hybridized carbons (Fsp3) is 0.263. The minimum Gasteiger partial charge on any atom is -0.333 e. The van der Waals surface area contributed by atoms with E-state index in [1.54, 1.807) is 25.5 Å². The number of aromatic nitrogens is 6. The van der Waals surface area contributed by atoms with Crippen molar-refractivity contribution >= 4 is 11.2 Å². The molecule has 0 unspecified atom stereocenters. The average Bonchev–Trinajstić information content (AvgIpc) is 3.20. The van der Waals surface area contributed by atoms with E-state index < -0.39 is 11.9 Å². The van der Waals surface area contributed by atoms with E-state index in [0.717, 1.165) is 28.6 Å². The van der Waals surface area contributed by atoms with Crippen LogP contribution in [0.2, 0.25) is 0 Å². The summed E-state index contributed by atoms with van der Waals surface area (Å²) in [6.07, 6.45) is -1.75. The third kappa shape index (κ3) is 3.23. The molecule has 0 amide bonds. The molecule has 0 bridgehead atoms. The van der Waals surface area contributed by atoms with Crippen molar-refractivity contribution < 1.29 is 13.2 Å². The highest BCUT2D eigenvalue weighted by Gasteiger charge is 2.34. The molecular weight excluding hydrogens is 369 g/mol. The lowest BCUT2D eigenvalue weighted by molar-refractivity contribution is -0.140. The molecule has 0 aliphatic heterocycles. The molecule has 0 aliphatic carbocycles. The number of halogens is 3. The minimum atomic E-state index is -4.46. The number of imidazole rings is 2. The van der Waals surface area contributed by atoms with Crippen molar-refractivity contribution in [1.82, 2.24) is 29.1 Å². The monoisotopic (exact) mass is 386 g/mol. The van der Waals surface area contributed by atoms with Crippen molar-refractivity contribution in [2.45, 2.75) is 26.6 Å². The van der Waals surface area contributed by atoms with E-state index in [1.807, 2.05) is 30.5 Å². The Kier molecular flexibility index (Phi) is 4.17. The van der Waals surface area contributed by atoms with Gasteiger partial charge in [0, 0.05) is 18.8 Å². The van der Waals surface area contributed by atoms with Crippen LogP contribution in [0.5, 0.6) is 0 Å². The van der Waals surface area contributed by atoms with Gasteiger partial charge >= 0.3 is 6.18 Å². The number of fused-ring (bicyclic) bond motifs is 1. The number of hydrogen-bond donors (Lipinski definition) is 0. The fourth-order valence-corrected chi connectivity index (χ4v) is 3.16. The predicted octanol–water partition coefficient (Wildman–Crippen LogP) is 3.91. The van der Waals surface area contributed by atoms with Crippen LogP contribution in [0.4, 0.5) is 13.2 Å². The summed E-state index contributed by atoms with van der Waals surface area (Å²) < 4.78 is 41.9. The van der Waals surface area contributed by atoms with Crippen molar-refractivity contribution in [2.24, 2.45) is 7.05 Å². The Morgan fingerprint density at radius 2 is 1.71 bits per heavy atom. The molecule has 0 saturated carbocycles. The van der Waals surface area contributed by atoms with Gasteiger partial charge in [-0.15, -0.1) is 0 Å². The van der Waals surface area contributed by atoms with E-state index in [9.17, 15) is 13.2 Å². The van der Waals surface area contributed by atoms with Crippen molar-refractivity contribution in [3.63, 3.8) is 0 Å². The molecule has 3 heterocycles. The van der Waals surface area contributed by atoms with Crippen LogP contribution in [0.1, 0.15) is 22.8 Å². The number of hydrogen-bond acceptors (Lipinski definition) is 4. The molecule has 28 heavy (non-hydrogen) atoms. The van der Waals surface area contributed by atoms with Gasteiger partial charge < -0.3 is 9.13 Å². The van der Waals surface area contributed by atoms with E-state index in [-0.39, 0.29) is 5.82 Å². The molecule has 1 aromatic carbocycles. The molecule has 4 rings (SSSR count). The Morgan fingerprint density at radius 1 is 1.00 bits per heavy atom. The van der Waals surface area contributed by atoms with E-state index in [2.05, 4.69) is 19.9 Å². The SMILES string of the molecule is Cc1nc(C)c2ncn(Cc3ccc(-c4nc(C(F)(F)F)cn4C)cc3)c2n1. The van der Waals surface area contributed by atoms with Gasteiger partial charge in [-0.3, -0.25) is 0 Å². The van der Waals surface area contributed by atoms with Gasteiger partial charge in [-0.05, 0) is 19.4 Å². The lowest BCUT2D eigenvalue weighted by Gasteiger charge is -2.07. The van der Waals surface area contributed by atoms with Crippen LogP contribution in [-0.4, -0.2) is 29.1 Å². The molecular formula is C19H17F3N6. The van der Waals surface area contributed by atoms with Crippen LogP contribution in [0.3, 0.4) is 0 Å². The summed E-state index contributed by atoms with van der Waals surface area (Å²) in [5, 5.41) is 0. The molecule has 144 valence electrons. The summed E-state index contributed by atoms with van der Waals surface area (Å²) >= 11 is 0. The first-order valence-electron chi connectivity index (χ1n) is 8.58. The van der Waals surface area contributed by atoms with E-state index in [4.69, 9.17) is 0 Å². The molecule has 0 atom stereocenters. The molecule has 0 spiro atoms. The highest BCUT2D eigenvalue weighted by molar-refractivity contribution is 5.73. The number of aryl methyl sites for hydroxylation is 3. The maximum Gasteiger partial charge on any atom is 0.434 e. The molecule has 9 heteroatoms. The van der Waals surface area contributed by atoms with Gasteiger partial charge in [0.2, 0.25) is 0 Å². The summed E-state index contributed by atoms with van der Waals surface area (Å²) in [5.41, 5.74) is 3.03. The normalized spacial score (nSPS) is 12.1. The zero-order valence-corrected chi connectivity index (χ0v) is 15.5. The van der Waals surface area contributed by atoms with E-state index >= 15 is 0 Å². The van der Waals surface area contributed by atoms with Crippen LogP contribution < -0.4 is 0 Å². The molecule has 6 nitrogen and oxygen atoms in total. The Balaban J connectivity index is 1.62. The largest absolute Gasteiger partial charge is 0.434 e. The summed E-state index contributed by atoms with van der Waals surface area (Å²) in [6.45, 7) is 4.27. The van der Waals surface area contributed by atoms with Gasteiger partial charge in [0.1, 0.15) is 17.2 Å². The summed E-state index contributed by atoms with van der Waals surface area (Å²) in [5.74, 6) is 0.947. The third-order valence-corrected chi connectivity index (χ3v) is 4.48. The second-order valence-electron chi connectivity index (χ2n) is 6.66. The molecule has 0 saturated heterocycles. The lowest BCUT2D eigenvalue weighted by Crippen LogP contribution is -2.04. The highest BCUT2D eigenvalue weighted by atomic mass is 19.4. The van der Waals surface area contributed by atoms with Crippen LogP contribution in [0.15, 0.2) is 36.8 Å². The molecule has 0 N–H and O–H groups in total. The quantitative estimate of drug-likeness (QED) is 0.536. The van der Waals surface area contributed by atoms with Gasteiger partial charge in [0.05, 0.1) is 18.6 Å². The first kappa shape index (κ1) is 18.1. The van der Waals surface area contributed by atoms with Gasteiger partial charge in [-0.2, -0.15) is 13.2 Å². The van der Waals surface area contributed by atoms with Crippen molar-refractivity contribution in [3.8, 4) is 11.4 Å². The highest BCUT2D eigenvalue weighted by Crippen LogP contribution is 2.30. The Bertz CT molecular complexity index is 1160. The average molecular weight is 386 g/mol. The van der Waals surface area contributed by atoms with Crippen molar-refractivity contribution in [2.75, 3.05) is 0 Å². The predicted molar refractivity (Wildman–Crippen MR) is 97.5 cm³/mol. The van der Waals surface area contributed by atoms with E-state index in [0.29, 0.717) is 17.9 Å². The van der Waals surface area contributed by atoms with Gasteiger partial charge in [-0.1, -0.05) is 24.3 Å². The molecule has 0 fully saturated rings. The number of rotatable bonds is 3. The molecule has 3 aromatic heterocycles. The maximum absolute atomic E-state index is 12.9. The summed E-state index contributed by atoms with van der Waals surface area (Å²) in [7, 11) is 1.55. The number of benzene rings is 1.